The maximum absolute atomic E-state index is 10.4. The third-order valence-electron chi connectivity index (χ3n) is 3.24. The highest BCUT2D eigenvalue weighted by molar-refractivity contribution is 5.37. The van der Waals surface area contributed by atoms with Crippen molar-refractivity contribution in [1.29, 1.82) is 0 Å². The average molecular weight is 251 g/mol. The van der Waals surface area contributed by atoms with Crippen molar-refractivity contribution in [1.82, 2.24) is 5.32 Å². The van der Waals surface area contributed by atoms with Gasteiger partial charge in [-0.2, -0.15) is 0 Å². The fraction of sp³-hybridized carbons (Fsp3) is 0.600. The van der Waals surface area contributed by atoms with Gasteiger partial charge in [0.25, 0.3) is 0 Å². The number of nitrogens with one attached hydrogen (secondary N) is 1. The van der Waals surface area contributed by atoms with Gasteiger partial charge in [0.2, 0.25) is 0 Å². The molecule has 1 aromatic rings. The number of hydrogen-bond donors (Lipinski definition) is 2. The largest absolute Gasteiger partial charge is 0.496 e. The zero-order valence-electron chi connectivity index (χ0n) is 11.9. The Hall–Kier alpha value is -1.06. The van der Waals surface area contributed by atoms with Crippen LogP contribution in [0.3, 0.4) is 0 Å². The first-order valence-corrected chi connectivity index (χ1v) is 6.70. The van der Waals surface area contributed by atoms with E-state index in [1.54, 1.807) is 7.11 Å². The van der Waals surface area contributed by atoms with Gasteiger partial charge in [-0.15, -0.1) is 0 Å². The van der Waals surface area contributed by atoms with Crippen molar-refractivity contribution >= 4 is 0 Å². The van der Waals surface area contributed by atoms with Gasteiger partial charge in [0, 0.05) is 6.04 Å². The molecule has 2 N–H and O–H groups in total. The molecule has 1 rings (SSSR count). The molecule has 2 atom stereocenters. The quantitative estimate of drug-likeness (QED) is 0.783. The van der Waals surface area contributed by atoms with E-state index in [0.717, 1.165) is 36.3 Å². The highest BCUT2D eigenvalue weighted by Crippen LogP contribution is 2.25. The van der Waals surface area contributed by atoms with Crippen LogP contribution in [-0.2, 0) is 0 Å². The fourth-order valence-corrected chi connectivity index (χ4v) is 2.13. The van der Waals surface area contributed by atoms with Gasteiger partial charge in [0.15, 0.2) is 0 Å². The summed E-state index contributed by atoms with van der Waals surface area (Å²) in [6.07, 6.45) is 1.52. The Bertz CT molecular complexity index is 366. The Balaban J connectivity index is 2.81. The fourth-order valence-electron chi connectivity index (χ4n) is 2.13. The van der Waals surface area contributed by atoms with Gasteiger partial charge in [-0.25, -0.2) is 0 Å². The lowest BCUT2D eigenvalue weighted by atomic mass is 9.98. The Kier molecular flexibility index (Phi) is 6.16. The van der Waals surface area contributed by atoms with Gasteiger partial charge >= 0.3 is 0 Å². The highest BCUT2D eigenvalue weighted by atomic mass is 16.5. The van der Waals surface area contributed by atoms with Crippen LogP contribution in [0.5, 0.6) is 5.75 Å². The number of rotatable bonds is 7. The van der Waals surface area contributed by atoms with E-state index in [4.69, 9.17) is 4.74 Å². The summed E-state index contributed by atoms with van der Waals surface area (Å²) in [5.74, 6) is 0.862. The van der Waals surface area contributed by atoms with Gasteiger partial charge in [-0.1, -0.05) is 19.9 Å². The van der Waals surface area contributed by atoms with Gasteiger partial charge < -0.3 is 15.2 Å². The molecule has 0 amide bonds. The summed E-state index contributed by atoms with van der Waals surface area (Å²) in [7, 11) is 1.66. The zero-order valence-corrected chi connectivity index (χ0v) is 11.9. The van der Waals surface area contributed by atoms with Crippen LogP contribution in [0.15, 0.2) is 18.2 Å². The topological polar surface area (TPSA) is 41.5 Å². The molecule has 0 spiro atoms. The molecule has 2 unspecified atom stereocenters. The van der Waals surface area contributed by atoms with Crippen molar-refractivity contribution in [2.45, 2.75) is 45.8 Å². The third-order valence-corrected chi connectivity index (χ3v) is 3.24. The van der Waals surface area contributed by atoms with Crippen LogP contribution in [0.2, 0.25) is 0 Å². The lowest BCUT2D eigenvalue weighted by molar-refractivity contribution is 0.126. The number of aryl methyl sites for hydroxylation is 1. The summed E-state index contributed by atoms with van der Waals surface area (Å²) in [4.78, 5) is 0. The molecule has 18 heavy (non-hydrogen) atoms. The van der Waals surface area contributed by atoms with Crippen LogP contribution in [-0.4, -0.2) is 24.8 Å². The van der Waals surface area contributed by atoms with E-state index in [-0.39, 0.29) is 6.04 Å². The van der Waals surface area contributed by atoms with Crippen LogP contribution in [0.4, 0.5) is 0 Å². The number of benzene rings is 1. The number of hydrogen-bond acceptors (Lipinski definition) is 3. The van der Waals surface area contributed by atoms with Crippen molar-refractivity contribution in [3.05, 3.63) is 29.3 Å². The maximum Gasteiger partial charge on any atom is 0.121 e. The lowest BCUT2D eigenvalue weighted by Gasteiger charge is -2.23. The minimum absolute atomic E-state index is 0.109. The van der Waals surface area contributed by atoms with Crippen LogP contribution in [0.25, 0.3) is 0 Å². The summed E-state index contributed by atoms with van der Waals surface area (Å²) in [5, 5.41) is 13.8. The Morgan fingerprint density at radius 3 is 2.56 bits per heavy atom. The van der Waals surface area contributed by atoms with Crippen molar-refractivity contribution in [3.8, 4) is 5.75 Å². The molecule has 3 nitrogen and oxygen atoms in total. The predicted octanol–water partition coefficient (Wildman–Crippen LogP) is 2.82. The Labute approximate surface area is 110 Å². The second-order valence-corrected chi connectivity index (χ2v) is 4.64. The SMILES string of the molecule is CCCNC(CC)C(O)c1ccc(OC)c(C)c1. The van der Waals surface area contributed by atoms with E-state index >= 15 is 0 Å². The van der Waals surface area contributed by atoms with Crippen LogP contribution in [0.1, 0.15) is 43.9 Å². The molecule has 0 heterocycles. The molecular weight excluding hydrogens is 226 g/mol. The smallest absolute Gasteiger partial charge is 0.121 e. The molecule has 0 saturated carbocycles. The maximum atomic E-state index is 10.4. The molecule has 0 saturated heterocycles. The number of aliphatic hydroxyl groups is 1. The predicted molar refractivity (Wildman–Crippen MR) is 75.1 cm³/mol. The van der Waals surface area contributed by atoms with Gasteiger partial charge in [-0.05, 0) is 49.6 Å². The Morgan fingerprint density at radius 2 is 2.06 bits per heavy atom. The molecule has 1 aromatic carbocycles. The minimum Gasteiger partial charge on any atom is -0.496 e. The second kappa shape index (κ2) is 7.39. The van der Waals surface area contributed by atoms with E-state index in [1.807, 2.05) is 25.1 Å². The minimum atomic E-state index is -0.467. The van der Waals surface area contributed by atoms with Gasteiger partial charge in [-0.3, -0.25) is 0 Å². The van der Waals surface area contributed by atoms with E-state index in [2.05, 4.69) is 19.2 Å². The molecule has 0 bridgehead atoms. The first kappa shape index (κ1) is 15.0. The van der Waals surface area contributed by atoms with E-state index in [9.17, 15) is 5.11 Å². The molecule has 0 fully saturated rings. The molecule has 0 radical (unpaired) electrons. The number of methoxy groups -OCH3 is 1. The van der Waals surface area contributed by atoms with Gasteiger partial charge in [0.1, 0.15) is 5.75 Å². The molecular formula is C15H25NO2. The van der Waals surface area contributed by atoms with Crippen molar-refractivity contribution < 1.29 is 9.84 Å². The lowest BCUT2D eigenvalue weighted by Crippen LogP contribution is -2.34. The summed E-state index contributed by atoms with van der Waals surface area (Å²) < 4.78 is 5.23. The Morgan fingerprint density at radius 1 is 1.33 bits per heavy atom. The van der Waals surface area contributed by atoms with Crippen LogP contribution < -0.4 is 10.1 Å². The van der Waals surface area contributed by atoms with E-state index in [0.29, 0.717) is 0 Å². The summed E-state index contributed by atoms with van der Waals surface area (Å²) >= 11 is 0. The standard InChI is InChI=1S/C15H25NO2/c1-5-9-16-13(6-2)15(17)12-7-8-14(18-4)11(3)10-12/h7-8,10,13,15-17H,5-6,9H2,1-4H3. The van der Waals surface area contributed by atoms with Crippen LogP contribution in [0, 0.1) is 6.92 Å². The normalized spacial score (nSPS) is 14.3. The first-order chi connectivity index (χ1) is 8.63. The molecule has 0 aliphatic carbocycles. The van der Waals surface area contributed by atoms with Crippen molar-refractivity contribution in [2.75, 3.05) is 13.7 Å². The molecule has 102 valence electrons. The molecule has 3 heteroatoms. The van der Waals surface area contributed by atoms with E-state index in [1.165, 1.54) is 0 Å². The zero-order chi connectivity index (χ0) is 13.5. The average Bonchev–Trinajstić information content (AvgIpc) is 2.39. The molecule has 0 aliphatic heterocycles. The summed E-state index contributed by atoms with van der Waals surface area (Å²) in [6.45, 7) is 7.15. The van der Waals surface area contributed by atoms with Crippen molar-refractivity contribution in [2.24, 2.45) is 0 Å². The third kappa shape index (κ3) is 3.72. The highest BCUT2D eigenvalue weighted by Gasteiger charge is 2.19. The molecule has 0 aliphatic rings. The summed E-state index contributed by atoms with van der Waals surface area (Å²) in [5.41, 5.74) is 2.00. The van der Waals surface area contributed by atoms with Gasteiger partial charge in [0.05, 0.1) is 13.2 Å². The monoisotopic (exact) mass is 251 g/mol. The van der Waals surface area contributed by atoms with Crippen LogP contribution >= 0.6 is 0 Å². The second-order valence-electron chi connectivity index (χ2n) is 4.64. The van der Waals surface area contributed by atoms with E-state index < -0.39 is 6.10 Å². The molecule has 0 aromatic heterocycles. The van der Waals surface area contributed by atoms with Crippen molar-refractivity contribution in [3.63, 3.8) is 0 Å². The number of ether oxygens (including phenoxy) is 1. The first-order valence-electron chi connectivity index (χ1n) is 6.70. The number of aliphatic hydroxyl groups excluding tert-OH is 1. The summed E-state index contributed by atoms with van der Waals surface area (Å²) in [6, 6.07) is 5.96.